The lowest BCUT2D eigenvalue weighted by Gasteiger charge is -2.32. The zero-order chi connectivity index (χ0) is 18.6. The topological polar surface area (TPSA) is 58.1 Å². The number of nitrogens with zero attached hydrogens (tertiary/aromatic N) is 3. The standard InChI is InChI=1S/C20H19ClN4OS/c21-15-6-1-2-7-16(15)22-20(26)14-5-3-11-25(13-14)19-10-9-17(23-24-19)18-8-4-12-27-18/h1-2,4,6-10,12,14H,3,5,11,13H2,(H,22,26)/t14-/m0/s1. The van der Waals surface area contributed by atoms with Gasteiger partial charge in [-0.05, 0) is 48.6 Å². The number of piperidine rings is 1. The maximum atomic E-state index is 12.7. The second-order valence-electron chi connectivity index (χ2n) is 6.51. The predicted octanol–water partition coefficient (Wildman–Crippen LogP) is 4.71. The number of hydrogen-bond donors (Lipinski definition) is 1. The van der Waals surface area contributed by atoms with Gasteiger partial charge in [-0.1, -0.05) is 29.8 Å². The molecule has 1 saturated heterocycles. The van der Waals surface area contributed by atoms with Gasteiger partial charge >= 0.3 is 0 Å². The molecule has 5 nitrogen and oxygen atoms in total. The van der Waals surface area contributed by atoms with Crippen LogP contribution < -0.4 is 10.2 Å². The van der Waals surface area contributed by atoms with E-state index >= 15 is 0 Å². The summed E-state index contributed by atoms with van der Waals surface area (Å²) >= 11 is 7.79. The van der Waals surface area contributed by atoms with Gasteiger partial charge in [0.25, 0.3) is 0 Å². The lowest BCUT2D eigenvalue weighted by Crippen LogP contribution is -2.41. The summed E-state index contributed by atoms with van der Waals surface area (Å²) in [4.78, 5) is 15.9. The number of hydrogen-bond acceptors (Lipinski definition) is 5. The van der Waals surface area contributed by atoms with Gasteiger partial charge in [-0.2, -0.15) is 0 Å². The molecule has 1 N–H and O–H groups in total. The maximum absolute atomic E-state index is 12.7. The second kappa shape index (κ2) is 8.06. The Morgan fingerprint density at radius 3 is 2.78 bits per heavy atom. The van der Waals surface area contributed by atoms with E-state index in [0.29, 0.717) is 17.3 Å². The minimum absolute atomic E-state index is 0.00374. The maximum Gasteiger partial charge on any atom is 0.229 e. The fraction of sp³-hybridized carbons (Fsp3) is 0.250. The molecule has 0 saturated carbocycles. The zero-order valence-electron chi connectivity index (χ0n) is 14.6. The van der Waals surface area contributed by atoms with Crippen molar-refractivity contribution in [1.29, 1.82) is 0 Å². The highest BCUT2D eigenvalue weighted by Gasteiger charge is 2.27. The highest BCUT2D eigenvalue weighted by molar-refractivity contribution is 7.13. The number of rotatable bonds is 4. The number of carbonyl (C=O) groups is 1. The molecule has 3 heterocycles. The molecule has 4 rings (SSSR count). The van der Waals surface area contributed by atoms with Crippen LogP contribution in [0.5, 0.6) is 0 Å². The van der Waals surface area contributed by atoms with Gasteiger partial charge in [0.15, 0.2) is 5.82 Å². The molecule has 1 amide bonds. The lowest BCUT2D eigenvalue weighted by atomic mass is 9.97. The summed E-state index contributed by atoms with van der Waals surface area (Å²) in [6.45, 7) is 1.51. The van der Waals surface area contributed by atoms with E-state index in [2.05, 4.69) is 20.4 Å². The number of benzene rings is 1. The van der Waals surface area contributed by atoms with Crippen LogP contribution in [0.2, 0.25) is 5.02 Å². The molecule has 1 aromatic carbocycles. The van der Waals surface area contributed by atoms with E-state index in [9.17, 15) is 4.79 Å². The zero-order valence-corrected chi connectivity index (χ0v) is 16.2. The largest absolute Gasteiger partial charge is 0.354 e. The first kappa shape index (κ1) is 17.9. The summed E-state index contributed by atoms with van der Waals surface area (Å²) < 4.78 is 0. The minimum atomic E-state index is -0.103. The molecular formula is C20H19ClN4OS. The van der Waals surface area contributed by atoms with Crippen molar-refractivity contribution in [2.75, 3.05) is 23.3 Å². The summed E-state index contributed by atoms with van der Waals surface area (Å²) in [6.07, 6.45) is 1.79. The molecule has 138 valence electrons. The van der Waals surface area contributed by atoms with Crippen LogP contribution in [0.1, 0.15) is 12.8 Å². The molecule has 1 atom stereocenters. The molecule has 0 spiro atoms. The number of aromatic nitrogens is 2. The van der Waals surface area contributed by atoms with Crippen LogP contribution in [-0.4, -0.2) is 29.2 Å². The summed E-state index contributed by atoms with van der Waals surface area (Å²) in [5.74, 6) is 0.704. The Kier molecular flexibility index (Phi) is 5.36. The molecule has 0 bridgehead atoms. The van der Waals surface area contributed by atoms with E-state index in [0.717, 1.165) is 35.8 Å². The normalized spacial score (nSPS) is 16.9. The molecule has 1 aliphatic heterocycles. The quantitative estimate of drug-likeness (QED) is 0.691. The van der Waals surface area contributed by atoms with E-state index in [1.165, 1.54) is 0 Å². The third-order valence-corrected chi connectivity index (χ3v) is 5.89. The highest BCUT2D eigenvalue weighted by atomic mass is 35.5. The van der Waals surface area contributed by atoms with Gasteiger partial charge in [-0.3, -0.25) is 4.79 Å². The van der Waals surface area contributed by atoms with Crippen molar-refractivity contribution in [1.82, 2.24) is 10.2 Å². The molecule has 0 aliphatic carbocycles. The van der Waals surface area contributed by atoms with Crippen LogP contribution in [0.25, 0.3) is 10.6 Å². The van der Waals surface area contributed by atoms with Crippen molar-refractivity contribution in [3.8, 4) is 10.6 Å². The van der Waals surface area contributed by atoms with Gasteiger partial charge in [-0.15, -0.1) is 21.5 Å². The molecule has 7 heteroatoms. The Labute approximate surface area is 167 Å². The summed E-state index contributed by atoms with van der Waals surface area (Å²) in [5.41, 5.74) is 1.53. The summed E-state index contributed by atoms with van der Waals surface area (Å²) in [6, 6.07) is 15.3. The Morgan fingerprint density at radius 1 is 1.15 bits per heavy atom. The fourth-order valence-corrected chi connectivity index (χ4v) is 4.12. The van der Waals surface area contributed by atoms with Crippen molar-refractivity contribution in [2.24, 2.45) is 5.92 Å². The molecule has 3 aromatic rings. The molecule has 1 fully saturated rings. The molecule has 2 aromatic heterocycles. The van der Waals surface area contributed by atoms with Crippen molar-refractivity contribution >= 4 is 40.4 Å². The lowest BCUT2D eigenvalue weighted by molar-refractivity contribution is -0.120. The summed E-state index contributed by atoms with van der Waals surface area (Å²) in [7, 11) is 0. The van der Waals surface area contributed by atoms with E-state index in [-0.39, 0.29) is 11.8 Å². The number of halogens is 1. The van der Waals surface area contributed by atoms with Gasteiger partial charge in [0.1, 0.15) is 5.69 Å². The number of thiophene rings is 1. The number of nitrogens with one attached hydrogen (secondary N) is 1. The number of carbonyl (C=O) groups excluding carboxylic acids is 1. The van der Waals surface area contributed by atoms with E-state index in [1.54, 1.807) is 17.4 Å². The average molecular weight is 399 g/mol. The fourth-order valence-electron chi connectivity index (χ4n) is 3.25. The number of anilines is 2. The van der Waals surface area contributed by atoms with Gasteiger partial charge in [0.05, 0.1) is 21.5 Å². The molecule has 1 aliphatic rings. The second-order valence-corrected chi connectivity index (χ2v) is 7.86. The van der Waals surface area contributed by atoms with Crippen LogP contribution in [-0.2, 0) is 4.79 Å². The van der Waals surface area contributed by atoms with Gasteiger partial charge in [0.2, 0.25) is 5.91 Å². The Bertz CT molecular complexity index is 914. The Morgan fingerprint density at radius 2 is 2.04 bits per heavy atom. The Balaban J connectivity index is 1.43. The van der Waals surface area contributed by atoms with Crippen molar-refractivity contribution in [3.05, 3.63) is 58.9 Å². The van der Waals surface area contributed by atoms with Gasteiger partial charge in [-0.25, -0.2) is 0 Å². The van der Waals surface area contributed by atoms with Crippen LogP contribution in [0.3, 0.4) is 0 Å². The van der Waals surface area contributed by atoms with E-state index in [4.69, 9.17) is 11.6 Å². The van der Waals surface area contributed by atoms with Crippen molar-refractivity contribution in [2.45, 2.75) is 12.8 Å². The molecule has 27 heavy (non-hydrogen) atoms. The number of para-hydroxylation sites is 1. The summed E-state index contributed by atoms with van der Waals surface area (Å²) in [5, 5.41) is 14.2. The third-order valence-electron chi connectivity index (χ3n) is 4.67. The Hall–Kier alpha value is -2.44. The van der Waals surface area contributed by atoms with Gasteiger partial charge in [0, 0.05) is 13.1 Å². The first-order valence-electron chi connectivity index (χ1n) is 8.88. The van der Waals surface area contributed by atoms with Crippen LogP contribution in [0.4, 0.5) is 11.5 Å². The first-order chi connectivity index (χ1) is 13.2. The molecular weight excluding hydrogens is 380 g/mol. The van der Waals surface area contributed by atoms with E-state index in [1.807, 2.05) is 47.8 Å². The van der Waals surface area contributed by atoms with Crippen molar-refractivity contribution < 1.29 is 4.79 Å². The SMILES string of the molecule is O=C(Nc1ccccc1Cl)[C@H]1CCCN(c2ccc(-c3cccs3)nn2)C1. The van der Waals surface area contributed by atoms with Crippen LogP contribution in [0, 0.1) is 5.92 Å². The predicted molar refractivity (Wildman–Crippen MR) is 110 cm³/mol. The molecule has 0 unspecified atom stereocenters. The van der Waals surface area contributed by atoms with Crippen molar-refractivity contribution in [3.63, 3.8) is 0 Å². The smallest absolute Gasteiger partial charge is 0.229 e. The highest BCUT2D eigenvalue weighted by Crippen LogP contribution is 2.27. The van der Waals surface area contributed by atoms with Gasteiger partial charge < -0.3 is 10.2 Å². The van der Waals surface area contributed by atoms with E-state index < -0.39 is 0 Å². The van der Waals surface area contributed by atoms with Crippen LogP contribution >= 0.6 is 22.9 Å². The first-order valence-corrected chi connectivity index (χ1v) is 10.1. The monoisotopic (exact) mass is 398 g/mol. The molecule has 0 radical (unpaired) electrons. The number of amides is 1. The third kappa shape index (κ3) is 4.12. The minimum Gasteiger partial charge on any atom is -0.354 e. The van der Waals surface area contributed by atoms with Crippen LogP contribution in [0.15, 0.2) is 53.9 Å². The average Bonchev–Trinajstić information content (AvgIpc) is 3.25.